The molecule has 3 aromatic rings. The molecule has 0 saturated carbocycles. The number of halogens is 1. The van der Waals surface area contributed by atoms with Crippen molar-refractivity contribution in [2.75, 3.05) is 4.90 Å². The fourth-order valence-electron chi connectivity index (χ4n) is 3.69. The van der Waals surface area contributed by atoms with E-state index in [4.69, 9.17) is 9.15 Å². The average molecular weight is 393 g/mol. The Bertz CT molecular complexity index is 1010. The molecule has 4 nitrogen and oxygen atoms in total. The van der Waals surface area contributed by atoms with Crippen LogP contribution in [-0.2, 0) is 19.4 Å². The highest BCUT2D eigenvalue weighted by Gasteiger charge is 2.30. The van der Waals surface area contributed by atoms with Gasteiger partial charge in [0, 0.05) is 11.7 Å². The van der Waals surface area contributed by atoms with Crippen LogP contribution < -0.4 is 9.64 Å². The number of anilines is 1. The topological polar surface area (TPSA) is 42.7 Å². The van der Waals surface area contributed by atoms with Crippen molar-refractivity contribution >= 4 is 11.6 Å². The second-order valence-corrected chi connectivity index (χ2v) is 7.39. The summed E-state index contributed by atoms with van der Waals surface area (Å²) >= 11 is 0. The predicted molar refractivity (Wildman–Crippen MR) is 110 cm³/mol. The Morgan fingerprint density at radius 1 is 1.17 bits per heavy atom. The summed E-state index contributed by atoms with van der Waals surface area (Å²) in [5, 5.41) is 0. The monoisotopic (exact) mass is 393 g/mol. The summed E-state index contributed by atoms with van der Waals surface area (Å²) in [7, 11) is 0. The number of ether oxygens (including phenoxy) is 1. The molecule has 150 valence electrons. The van der Waals surface area contributed by atoms with Crippen LogP contribution >= 0.6 is 0 Å². The van der Waals surface area contributed by atoms with Crippen molar-refractivity contribution in [1.82, 2.24) is 0 Å². The fraction of sp³-hybridized carbons (Fsp3) is 0.292. The van der Waals surface area contributed by atoms with Crippen LogP contribution in [0, 0.1) is 5.82 Å². The van der Waals surface area contributed by atoms with Crippen LogP contribution in [0.1, 0.15) is 47.7 Å². The predicted octanol–water partition coefficient (Wildman–Crippen LogP) is 5.54. The van der Waals surface area contributed by atoms with E-state index in [-0.39, 0.29) is 30.1 Å². The number of rotatable bonds is 5. The van der Waals surface area contributed by atoms with Crippen molar-refractivity contribution in [2.45, 2.75) is 45.8 Å². The Kier molecular flexibility index (Phi) is 5.38. The Hall–Kier alpha value is -3.08. The Morgan fingerprint density at radius 2 is 1.97 bits per heavy atom. The van der Waals surface area contributed by atoms with Gasteiger partial charge in [-0.1, -0.05) is 19.1 Å². The van der Waals surface area contributed by atoms with E-state index in [0.717, 1.165) is 36.3 Å². The molecule has 0 fully saturated rings. The molecule has 4 rings (SSSR count). The third-order valence-electron chi connectivity index (χ3n) is 5.38. The summed E-state index contributed by atoms with van der Waals surface area (Å²) < 4.78 is 25.1. The van der Waals surface area contributed by atoms with Gasteiger partial charge in [0.15, 0.2) is 5.76 Å². The first-order valence-corrected chi connectivity index (χ1v) is 9.97. The zero-order valence-corrected chi connectivity index (χ0v) is 16.7. The van der Waals surface area contributed by atoms with Crippen LogP contribution in [0.3, 0.4) is 0 Å². The third-order valence-corrected chi connectivity index (χ3v) is 5.38. The summed E-state index contributed by atoms with van der Waals surface area (Å²) in [5.74, 6) is 1.09. The molecule has 2 aromatic carbocycles. The lowest BCUT2D eigenvalue weighted by molar-refractivity contribution is 0.0944. The van der Waals surface area contributed by atoms with E-state index in [9.17, 15) is 9.18 Å². The van der Waals surface area contributed by atoms with Crippen LogP contribution in [-0.4, -0.2) is 11.9 Å². The van der Waals surface area contributed by atoms with Gasteiger partial charge < -0.3 is 14.1 Å². The molecule has 0 unspecified atom stereocenters. The van der Waals surface area contributed by atoms with Crippen LogP contribution in [0.2, 0.25) is 0 Å². The van der Waals surface area contributed by atoms with Crippen molar-refractivity contribution in [3.63, 3.8) is 0 Å². The summed E-state index contributed by atoms with van der Waals surface area (Å²) in [6.07, 6.45) is 2.52. The lowest BCUT2D eigenvalue weighted by atomic mass is 9.96. The standard InChI is InChI=1S/C24H24FNO3/c1-3-17-5-9-20(10-6-17)28-15-21-11-13-23(29-21)24(27)26-16(2)4-7-18-14-19(25)8-12-22(18)26/h5-6,8-14,16H,3-4,7,15H2,1-2H3/t16-/m1/s1. The number of hydrogen-bond acceptors (Lipinski definition) is 3. The lowest BCUT2D eigenvalue weighted by Crippen LogP contribution is -2.42. The lowest BCUT2D eigenvalue weighted by Gasteiger charge is -2.34. The first-order chi connectivity index (χ1) is 14.0. The molecule has 1 amide bonds. The molecule has 5 heteroatoms. The first kappa shape index (κ1) is 19.2. The quantitative estimate of drug-likeness (QED) is 0.571. The molecule has 1 aliphatic rings. The molecule has 1 aliphatic heterocycles. The van der Waals surface area contributed by atoms with E-state index in [0.29, 0.717) is 5.76 Å². The molecule has 0 N–H and O–H groups in total. The van der Waals surface area contributed by atoms with Gasteiger partial charge in [-0.05, 0) is 79.8 Å². The maximum absolute atomic E-state index is 13.6. The third kappa shape index (κ3) is 4.04. The normalized spacial score (nSPS) is 15.8. The Balaban J connectivity index is 1.48. The number of furan rings is 1. The van der Waals surface area contributed by atoms with Gasteiger partial charge in [0.25, 0.3) is 5.91 Å². The van der Waals surface area contributed by atoms with E-state index >= 15 is 0 Å². The second-order valence-electron chi connectivity index (χ2n) is 7.39. The van der Waals surface area contributed by atoms with Crippen molar-refractivity contribution < 1.29 is 18.3 Å². The van der Waals surface area contributed by atoms with Crippen molar-refractivity contribution in [1.29, 1.82) is 0 Å². The summed E-state index contributed by atoms with van der Waals surface area (Å²) in [6, 6.07) is 15.9. The molecule has 2 heterocycles. The van der Waals surface area contributed by atoms with Gasteiger partial charge >= 0.3 is 0 Å². The number of hydrogen-bond donors (Lipinski definition) is 0. The number of nitrogens with zero attached hydrogens (tertiary/aromatic N) is 1. The minimum Gasteiger partial charge on any atom is -0.486 e. The maximum atomic E-state index is 13.6. The van der Waals surface area contributed by atoms with Crippen molar-refractivity contribution in [2.24, 2.45) is 0 Å². The summed E-state index contributed by atoms with van der Waals surface area (Å²) in [4.78, 5) is 14.8. The smallest absolute Gasteiger partial charge is 0.294 e. The average Bonchev–Trinajstić information content (AvgIpc) is 3.21. The van der Waals surface area contributed by atoms with Gasteiger partial charge in [-0.25, -0.2) is 4.39 Å². The van der Waals surface area contributed by atoms with Gasteiger partial charge in [0.2, 0.25) is 0 Å². The van der Waals surface area contributed by atoms with Gasteiger partial charge in [0.1, 0.15) is 23.9 Å². The maximum Gasteiger partial charge on any atom is 0.294 e. The van der Waals surface area contributed by atoms with Gasteiger partial charge in [-0.3, -0.25) is 4.79 Å². The van der Waals surface area contributed by atoms with Gasteiger partial charge in [0.05, 0.1) is 0 Å². The highest BCUT2D eigenvalue weighted by Crippen LogP contribution is 2.32. The van der Waals surface area contributed by atoms with E-state index in [1.807, 2.05) is 31.2 Å². The molecule has 0 bridgehead atoms. The second kappa shape index (κ2) is 8.11. The minimum absolute atomic E-state index is 0.0161. The molecular formula is C24H24FNO3. The fourth-order valence-corrected chi connectivity index (χ4v) is 3.69. The Morgan fingerprint density at radius 3 is 2.72 bits per heavy atom. The molecule has 0 saturated heterocycles. The Labute approximate surface area is 169 Å². The van der Waals surface area contributed by atoms with E-state index in [2.05, 4.69) is 6.92 Å². The molecule has 1 atom stereocenters. The van der Waals surface area contributed by atoms with E-state index < -0.39 is 0 Å². The number of amides is 1. The number of fused-ring (bicyclic) bond motifs is 1. The van der Waals surface area contributed by atoms with Crippen molar-refractivity contribution in [3.05, 3.63) is 83.1 Å². The molecule has 1 aromatic heterocycles. The summed E-state index contributed by atoms with van der Waals surface area (Å²) in [5.41, 5.74) is 2.85. The molecule has 0 aliphatic carbocycles. The summed E-state index contributed by atoms with van der Waals surface area (Å²) in [6.45, 7) is 4.35. The number of benzene rings is 2. The van der Waals surface area contributed by atoms with Gasteiger partial charge in [-0.2, -0.15) is 0 Å². The number of aryl methyl sites for hydroxylation is 2. The number of carbonyl (C=O) groups is 1. The van der Waals surface area contributed by atoms with Crippen molar-refractivity contribution in [3.8, 4) is 5.75 Å². The van der Waals surface area contributed by atoms with Crippen LogP contribution in [0.25, 0.3) is 0 Å². The molecule has 0 radical (unpaired) electrons. The van der Waals surface area contributed by atoms with Crippen LogP contribution in [0.4, 0.5) is 10.1 Å². The van der Waals surface area contributed by atoms with Gasteiger partial charge in [-0.15, -0.1) is 0 Å². The zero-order valence-electron chi connectivity index (χ0n) is 16.7. The van der Waals surface area contributed by atoms with E-state index in [1.165, 1.54) is 17.7 Å². The molecular weight excluding hydrogens is 369 g/mol. The largest absolute Gasteiger partial charge is 0.486 e. The highest BCUT2D eigenvalue weighted by atomic mass is 19.1. The highest BCUT2D eigenvalue weighted by molar-refractivity contribution is 6.05. The van der Waals surface area contributed by atoms with Crippen LogP contribution in [0.5, 0.6) is 5.75 Å². The van der Waals surface area contributed by atoms with E-state index in [1.54, 1.807) is 23.1 Å². The zero-order chi connectivity index (χ0) is 20.4. The van der Waals surface area contributed by atoms with Crippen LogP contribution in [0.15, 0.2) is 59.0 Å². The molecule has 29 heavy (non-hydrogen) atoms. The first-order valence-electron chi connectivity index (χ1n) is 9.97. The molecule has 0 spiro atoms. The number of carbonyl (C=O) groups excluding carboxylic acids is 1. The minimum atomic E-state index is -0.282. The SMILES string of the molecule is CCc1ccc(OCc2ccc(C(=O)N3c4ccc(F)cc4CC[C@H]3C)o2)cc1.